The van der Waals surface area contributed by atoms with Crippen LogP contribution in [0.4, 0.5) is 5.69 Å². The highest BCUT2D eigenvalue weighted by atomic mass is 35.5. The van der Waals surface area contributed by atoms with E-state index in [-0.39, 0.29) is 18.1 Å². The summed E-state index contributed by atoms with van der Waals surface area (Å²) in [5.41, 5.74) is 1.10. The van der Waals surface area contributed by atoms with Crippen LogP contribution in [0, 0.1) is 6.92 Å². The molecule has 3 rings (SSSR count). The Morgan fingerprint density at radius 3 is 2.55 bits per heavy atom. The molecule has 31 heavy (non-hydrogen) atoms. The van der Waals surface area contributed by atoms with Gasteiger partial charge in [0.2, 0.25) is 5.69 Å². The summed E-state index contributed by atoms with van der Waals surface area (Å²) in [5, 5.41) is 7.25. The Kier molecular flexibility index (Phi) is 7.04. The zero-order valence-electron chi connectivity index (χ0n) is 16.9. The molecule has 0 aliphatic rings. The van der Waals surface area contributed by atoms with E-state index < -0.39 is 24.0 Å². The number of aromatic nitrogens is 2. The SMILES string of the molecule is CCOC(=O)c1nn(-c2ccccc2)c(=O)cc1OCC(=O)Nc1ccc(C)c(Cl)c1. The second kappa shape index (κ2) is 9.90. The van der Waals surface area contributed by atoms with Crippen LogP contribution in [0.1, 0.15) is 23.0 Å². The molecule has 160 valence electrons. The largest absolute Gasteiger partial charge is 0.481 e. The number of amides is 1. The smallest absolute Gasteiger partial charge is 0.362 e. The van der Waals surface area contributed by atoms with Gasteiger partial charge in [-0.3, -0.25) is 9.59 Å². The average molecular weight is 442 g/mol. The lowest BCUT2D eigenvalue weighted by Gasteiger charge is -2.13. The minimum atomic E-state index is -0.770. The van der Waals surface area contributed by atoms with E-state index in [1.165, 1.54) is 0 Å². The molecular formula is C22H20ClN3O5. The Bertz CT molecular complexity index is 1160. The van der Waals surface area contributed by atoms with E-state index in [1.807, 2.05) is 6.92 Å². The zero-order valence-corrected chi connectivity index (χ0v) is 17.7. The van der Waals surface area contributed by atoms with Crippen molar-refractivity contribution in [2.75, 3.05) is 18.5 Å². The Hall–Kier alpha value is -3.65. The fourth-order valence-electron chi connectivity index (χ4n) is 2.66. The van der Waals surface area contributed by atoms with Crippen LogP contribution in [0.2, 0.25) is 5.02 Å². The highest BCUT2D eigenvalue weighted by molar-refractivity contribution is 6.31. The lowest BCUT2D eigenvalue weighted by Crippen LogP contribution is -2.27. The van der Waals surface area contributed by atoms with Gasteiger partial charge in [0.1, 0.15) is 0 Å². The molecule has 0 saturated carbocycles. The average Bonchev–Trinajstić information content (AvgIpc) is 2.75. The van der Waals surface area contributed by atoms with Crippen LogP contribution in [-0.4, -0.2) is 34.9 Å². The van der Waals surface area contributed by atoms with Crippen LogP contribution in [-0.2, 0) is 9.53 Å². The number of halogens is 1. The van der Waals surface area contributed by atoms with Gasteiger partial charge in [-0.25, -0.2) is 4.79 Å². The number of rotatable bonds is 7. The number of hydrogen-bond donors (Lipinski definition) is 1. The van der Waals surface area contributed by atoms with Crippen LogP contribution >= 0.6 is 11.6 Å². The number of nitrogens with zero attached hydrogens (tertiary/aromatic N) is 2. The van der Waals surface area contributed by atoms with Gasteiger partial charge < -0.3 is 14.8 Å². The molecule has 0 fully saturated rings. The number of nitrogens with one attached hydrogen (secondary N) is 1. The minimum Gasteiger partial charge on any atom is -0.481 e. The molecule has 0 saturated heterocycles. The Morgan fingerprint density at radius 2 is 1.87 bits per heavy atom. The highest BCUT2D eigenvalue weighted by Gasteiger charge is 2.20. The van der Waals surface area contributed by atoms with Gasteiger partial charge in [0.15, 0.2) is 12.4 Å². The van der Waals surface area contributed by atoms with Crippen LogP contribution in [0.3, 0.4) is 0 Å². The van der Waals surface area contributed by atoms with E-state index in [0.29, 0.717) is 16.4 Å². The zero-order chi connectivity index (χ0) is 22.4. The van der Waals surface area contributed by atoms with Crippen molar-refractivity contribution in [3.63, 3.8) is 0 Å². The number of carbonyl (C=O) groups is 2. The number of aryl methyl sites for hydroxylation is 1. The predicted molar refractivity (Wildman–Crippen MR) is 116 cm³/mol. The second-order valence-electron chi connectivity index (χ2n) is 6.46. The predicted octanol–water partition coefficient (Wildman–Crippen LogP) is 3.39. The fraction of sp³-hybridized carbons (Fsp3) is 0.182. The third-order valence-electron chi connectivity index (χ3n) is 4.18. The van der Waals surface area contributed by atoms with Gasteiger partial charge in [0.05, 0.1) is 18.4 Å². The second-order valence-corrected chi connectivity index (χ2v) is 6.87. The Balaban J connectivity index is 1.83. The summed E-state index contributed by atoms with van der Waals surface area (Å²) in [5.74, 6) is -1.41. The third kappa shape index (κ3) is 5.49. The lowest BCUT2D eigenvalue weighted by atomic mass is 10.2. The fourth-order valence-corrected chi connectivity index (χ4v) is 2.84. The minimum absolute atomic E-state index is 0.110. The maximum absolute atomic E-state index is 12.5. The topological polar surface area (TPSA) is 99.5 Å². The molecule has 1 heterocycles. The van der Waals surface area contributed by atoms with Gasteiger partial charge in [-0.05, 0) is 43.7 Å². The highest BCUT2D eigenvalue weighted by Crippen LogP contribution is 2.20. The number of benzene rings is 2. The van der Waals surface area contributed by atoms with E-state index in [9.17, 15) is 14.4 Å². The molecule has 3 aromatic rings. The molecule has 0 atom stereocenters. The number of esters is 1. The first-order valence-corrected chi connectivity index (χ1v) is 9.82. The molecule has 0 aliphatic heterocycles. The van der Waals surface area contributed by atoms with Crippen LogP contribution < -0.4 is 15.6 Å². The van der Waals surface area contributed by atoms with Gasteiger partial charge in [0, 0.05) is 10.7 Å². The van der Waals surface area contributed by atoms with Gasteiger partial charge in [-0.2, -0.15) is 9.78 Å². The molecule has 8 nitrogen and oxygen atoms in total. The van der Waals surface area contributed by atoms with Crippen molar-refractivity contribution < 1.29 is 19.1 Å². The summed E-state index contributed by atoms with van der Waals surface area (Å²) in [6.45, 7) is 3.15. The summed E-state index contributed by atoms with van der Waals surface area (Å²) in [7, 11) is 0. The van der Waals surface area contributed by atoms with Crippen molar-refractivity contribution in [3.8, 4) is 11.4 Å². The first-order valence-electron chi connectivity index (χ1n) is 9.44. The summed E-state index contributed by atoms with van der Waals surface area (Å²) in [6, 6.07) is 14.8. The molecule has 2 aromatic carbocycles. The van der Waals surface area contributed by atoms with Crippen molar-refractivity contribution in [2.45, 2.75) is 13.8 Å². The number of ether oxygens (including phenoxy) is 2. The number of para-hydroxylation sites is 1. The van der Waals surface area contributed by atoms with Gasteiger partial charge in [0.25, 0.3) is 11.5 Å². The van der Waals surface area contributed by atoms with Gasteiger partial charge >= 0.3 is 5.97 Å². The molecule has 9 heteroatoms. The van der Waals surface area contributed by atoms with Crippen LogP contribution in [0.25, 0.3) is 5.69 Å². The quantitative estimate of drug-likeness (QED) is 0.564. The Morgan fingerprint density at radius 1 is 1.13 bits per heavy atom. The van der Waals surface area contributed by atoms with Crippen molar-refractivity contribution in [1.29, 1.82) is 0 Å². The van der Waals surface area contributed by atoms with E-state index in [1.54, 1.807) is 55.5 Å². The molecule has 1 aromatic heterocycles. The van der Waals surface area contributed by atoms with Gasteiger partial charge in [-0.1, -0.05) is 35.9 Å². The lowest BCUT2D eigenvalue weighted by molar-refractivity contribution is -0.118. The third-order valence-corrected chi connectivity index (χ3v) is 4.59. The molecule has 0 radical (unpaired) electrons. The van der Waals surface area contributed by atoms with Crippen molar-refractivity contribution >= 4 is 29.2 Å². The number of anilines is 1. The summed E-state index contributed by atoms with van der Waals surface area (Å²) in [4.78, 5) is 37.2. The van der Waals surface area contributed by atoms with E-state index in [0.717, 1.165) is 16.3 Å². The monoisotopic (exact) mass is 441 g/mol. The molecule has 1 N–H and O–H groups in total. The van der Waals surface area contributed by atoms with E-state index >= 15 is 0 Å². The van der Waals surface area contributed by atoms with Crippen molar-refractivity contribution in [3.05, 3.63) is 81.2 Å². The molecular weight excluding hydrogens is 422 g/mol. The molecule has 1 amide bonds. The molecule has 0 bridgehead atoms. The summed E-state index contributed by atoms with van der Waals surface area (Å²) in [6.07, 6.45) is 0. The standard InChI is InChI=1S/C22H20ClN3O5/c1-3-30-22(29)21-18(12-20(28)26(25-21)16-7-5-4-6-8-16)31-13-19(27)24-15-10-9-14(2)17(23)11-15/h4-12H,3,13H2,1-2H3,(H,24,27). The summed E-state index contributed by atoms with van der Waals surface area (Å²) >= 11 is 6.06. The van der Waals surface area contributed by atoms with E-state index in [4.69, 9.17) is 21.1 Å². The normalized spacial score (nSPS) is 10.4. The molecule has 0 aliphatic carbocycles. The first-order chi connectivity index (χ1) is 14.9. The molecule has 0 spiro atoms. The maximum atomic E-state index is 12.5. The van der Waals surface area contributed by atoms with Gasteiger partial charge in [-0.15, -0.1) is 0 Å². The van der Waals surface area contributed by atoms with Crippen LogP contribution in [0.5, 0.6) is 5.75 Å². The summed E-state index contributed by atoms with van der Waals surface area (Å²) < 4.78 is 11.5. The molecule has 0 unspecified atom stereocenters. The van der Waals surface area contributed by atoms with Crippen LogP contribution in [0.15, 0.2) is 59.4 Å². The maximum Gasteiger partial charge on any atom is 0.362 e. The number of hydrogen-bond acceptors (Lipinski definition) is 6. The van der Waals surface area contributed by atoms with E-state index in [2.05, 4.69) is 10.4 Å². The van der Waals surface area contributed by atoms with Crippen molar-refractivity contribution in [1.82, 2.24) is 9.78 Å². The van der Waals surface area contributed by atoms with Crippen molar-refractivity contribution in [2.24, 2.45) is 0 Å². The number of carbonyl (C=O) groups excluding carboxylic acids is 2. The Labute approximate surface area is 183 Å². The first kappa shape index (κ1) is 22.0.